The molecule has 3 aliphatic rings. The van der Waals surface area contributed by atoms with Gasteiger partial charge in [-0.25, -0.2) is 9.13 Å². The van der Waals surface area contributed by atoms with Crippen LogP contribution in [0.2, 0.25) is 0 Å². The first-order valence-corrected chi connectivity index (χ1v) is 17.5. The molecule has 3 fully saturated rings. The first-order chi connectivity index (χ1) is 18.6. The maximum atomic E-state index is 12.7. The Bertz CT molecular complexity index is 971. The van der Waals surface area contributed by atoms with Crippen LogP contribution in [0.25, 0.3) is 0 Å². The predicted octanol–water partition coefficient (Wildman–Crippen LogP) is -0.944. The van der Waals surface area contributed by atoms with Crippen molar-refractivity contribution in [1.29, 1.82) is 0 Å². The van der Waals surface area contributed by atoms with Crippen molar-refractivity contribution in [3.05, 3.63) is 0 Å². The second kappa shape index (κ2) is 15.2. The highest BCUT2D eigenvalue weighted by atomic mass is 32.5. The van der Waals surface area contributed by atoms with E-state index in [9.17, 15) is 28.9 Å². The average Bonchev–Trinajstić information content (AvgIpc) is 3.48. The lowest BCUT2D eigenvalue weighted by molar-refractivity contribution is -0.0315. The van der Waals surface area contributed by atoms with Gasteiger partial charge >= 0.3 is 22.4 Å². The number of aliphatic hydroxyl groups is 1. The first-order valence-electron chi connectivity index (χ1n) is 11.9. The van der Waals surface area contributed by atoms with Gasteiger partial charge in [-0.1, -0.05) is 0 Å². The van der Waals surface area contributed by atoms with Gasteiger partial charge in [0.2, 0.25) is 0 Å². The second-order valence-corrected chi connectivity index (χ2v) is 14.7. The maximum absolute atomic E-state index is 12.7. The van der Waals surface area contributed by atoms with Gasteiger partial charge in [0.15, 0.2) is 6.79 Å². The van der Waals surface area contributed by atoms with Crippen LogP contribution in [0.4, 0.5) is 0 Å². The Labute approximate surface area is 240 Å². The van der Waals surface area contributed by atoms with E-state index in [1.165, 1.54) is 7.11 Å². The molecule has 0 saturated carbocycles. The predicted molar refractivity (Wildman–Crippen MR) is 140 cm³/mol. The van der Waals surface area contributed by atoms with Gasteiger partial charge < -0.3 is 47.8 Å². The lowest BCUT2D eigenvalue weighted by Gasteiger charge is -2.26. The quantitative estimate of drug-likeness (QED) is 0.0905. The number of ether oxygens (including phenoxy) is 4. The zero-order valence-electron chi connectivity index (χ0n) is 21.3. The van der Waals surface area contributed by atoms with E-state index in [0.717, 1.165) is 0 Å². The number of hydrogen-bond donors (Lipinski definition) is 4. The van der Waals surface area contributed by atoms with Crippen LogP contribution in [0.1, 0.15) is 19.3 Å². The molecule has 0 amide bonds. The van der Waals surface area contributed by atoms with E-state index < -0.39 is 97.0 Å². The molecule has 0 aromatic rings. The fraction of sp³-hybridized carbons (Fsp3) is 1.00. The number of phosphoric ester groups is 2. The molecule has 0 bridgehead atoms. The summed E-state index contributed by atoms with van der Waals surface area (Å²) in [6.45, 7) is -5.84. The molecule has 23 heteroatoms. The summed E-state index contributed by atoms with van der Waals surface area (Å²) in [5.74, 6) is 0. The first kappa shape index (κ1) is 35.2. The van der Waals surface area contributed by atoms with E-state index >= 15 is 0 Å². The molecule has 16 nitrogen and oxygen atoms in total. The van der Waals surface area contributed by atoms with Gasteiger partial charge in [0.05, 0.1) is 38.1 Å². The van der Waals surface area contributed by atoms with Crippen LogP contribution in [0.5, 0.6) is 0 Å². The number of aliphatic hydroxyl groups excluding tert-OH is 1. The highest BCUT2D eigenvalue weighted by Gasteiger charge is 2.43. The Morgan fingerprint density at radius 1 is 0.750 bits per heavy atom. The zero-order chi connectivity index (χ0) is 29.7. The highest BCUT2D eigenvalue weighted by Crippen LogP contribution is 2.51. The summed E-state index contributed by atoms with van der Waals surface area (Å²) in [6, 6.07) is -2.48. The normalized spacial score (nSPS) is 39.1. The molecule has 40 heavy (non-hydrogen) atoms. The van der Waals surface area contributed by atoms with E-state index in [1.54, 1.807) is 0 Å². The second-order valence-electron chi connectivity index (χ2n) is 9.03. The molecule has 3 aliphatic heterocycles. The largest absolute Gasteiger partial charge is 0.474 e. The van der Waals surface area contributed by atoms with Crippen LogP contribution in [-0.4, -0.2) is 132 Å². The molecule has 12 atom stereocenters. The molecule has 3 rings (SSSR count). The molecule has 224 valence electrons. The standard InChI is InChI=1S/C17H30B3O16P3S/c1-27-8-31-37(22,23)28-6-13-10(3-16(19)33-13)35-38(24,25)29-7-14-11(4-17(20)34-14)36-39(26,40)30-5-12-9(21)2-15(18)32-12/h9-17,21H,2-8H2,1H3,(H,22,23)(H,24,25)(H,26,40). The van der Waals surface area contributed by atoms with Crippen molar-refractivity contribution >= 4 is 57.7 Å². The van der Waals surface area contributed by atoms with E-state index in [0.29, 0.717) is 0 Å². The molecular formula is C17H30B3O16P3S. The fourth-order valence-corrected chi connectivity index (χ4v) is 7.07. The summed E-state index contributed by atoms with van der Waals surface area (Å²) in [4.78, 5) is 30.4. The van der Waals surface area contributed by atoms with Crippen molar-refractivity contribution in [3.8, 4) is 0 Å². The lowest BCUT2D eigenvalue weighted by Crippen LogP contribution is -2.31. The van der Waals surface area contributed by atoms with Crippen molar-refractivity contribution in [3.63, 3.8) is 0 Å². The minimum atomic E-state index is -4.79. The summed E-state index contributed by atoms with van der Waals surface area (Å²) in [5.41, 5.74) is 0. The minimum absolute atomic E-state index is 0.0391. The summed E-state index contributed by atoms with van der Waals surface area (Å²) in [6.07, 6.45) is -5.88. The molecule has 0 spiro atoms. The van der Waals surface area contributed by atoms with Crippen LogP contribution in [0, 0.1) is 0 Å². The van der Waals surface area contributed by atoms with Crippen molar-refractivity contribution in [2.45, 2.75) is 73.9 Å². The molecule has 12 unspecified atom stereocenters. The van der Waals surface area contributed by atoms with Crippen molar-refractivity contribution in [2.24, 2.45) is 0 Å². The van der Waals surface area contributed by atoms with E-state index in [2.05, 4.69) is 9.26 Å². The van der Waals surface area contributed by atoms with Crippen molar-refractivity contribution in [1.82, 2.24) is 0 Å². The third-order valence-electron chi connectivity index (χ3n) is 5.79. The van der Waals surface area contributed by atoms with Crippen molar-refractivity contribution in [2.75, 3.05) is 33.7 Å². The molecule has 6 radical (unpaired) electrons. The van der Waals surface area contributed by atoms with Gasteiger partial charge in [-0.15, -0.1) is 0 Å². The van der Waals surface area contributed by atoms with Crippen LogP contribution < -0.4 is 0 Å². The maximum Gasteiger partial charge on any atom is 0.474 e. The Morgan fingerprint density at radius 2 is 1.23 bits per heavy atom. The highest BCUT2D eigenvalue weighted by molar-refractivity contribution is 8.07. The fourth-order valence-electron chi connectivity index (χ4n) is 3.99. The van der Waals surface area contributed by atoms with E-state index in [-0.39, 0.29) is 25.9 Å². The molecule has 0 aliphatic carbocycles. The molecule has 4 N–H and O–H groups in total. The summed E-state index contributed by atoms with van der Waals surface area (Å²) in [7, 11) is 9.08. The molecule has 3 saturated heterocycles. The number of hydrogen-bond acceptors (Lipinski definition) is 14. The van der Waals surface area contributed by atoms with Crippen LogP contribution in [-0.2, 0) is 67.0 Å². The number of methoxy groups -OCH3 is 1. The monoisotopic (exact) mass is 648 g/mol. The number of rotatable bonds is 16. The van der Waals surface area contributed by atoms with Crippen LogP contribution >= 0.6 is 22.4 Å². The molecule has 0 aromatic heterocycles. The number of phosphoric acid groups is 2. The summed E-state index contributed by atoms with van der Waals surface area (Å²) in [5, 5.41) is 9.89. The molecule has 3 heterocycles. The molecule has 0 aromatic carbocycles. The van der Waals surface area contributed by atoms with Gasteiger partial charge in [0.1, 0.15) is 41.9 Å². The molecular weight excluding hydrogens is 618 g/mol. The minimum Gasteiger partial charge on any atom is -0.390 e. The van der Waals surface area contributed by atoms with Crippen molar-refractivity contribution < 1.29 is 75.0 Å². The van der Waals surface area contributed by atoms with E-state index in [4.69, 9.17) is 72.2 Å². The SMILES string of the molecule is [B]C1CC(O)C(COP(O)(=S)OC2CC([B])OC2COP(=O)(O)OC2CC([B])OC2COP(=O)(O)OCOC)O1. The third kappa shape index (κ3) is 11.3. The van der Waals surface area contributed by atoms with Crippen LogP contribution in [0.15, 0.2) is 0 Å². The summed E-state index contributed by atoms with van der Waals surface area (Å²) >= 11 is 5.02. The topological polar surface area (TPSA) is 207 Å². The van der Waals surface area contributed by atoms with Gasteiger partial charge in [-0.05, 0) is 31.1 Å². The van der Waals surface area contributed by atoms with Crippen LogP contribution in [0.3, 0.4) is 0 Å². The summed E-state index contributed by atoms with van der Waals surface area (Å²) < 4.78 is 75.4. The van der Waals surface area contributed by atoms with E-state index in [1.807, 2.05) is 0 Å². The van der Waals surface area contributed by atoms with Gasteiger partial charge in [-0.3, -0.25) is 18.1 Å². The lowest BCUT2D eigenvalue weighted by atomic mass is 9.96. The average molecular weight is 648 g/mol. The Balaban J connectivity index is 1.50. The zero-order valence-corrected chi connectivity index (χ0v) is 24.8. The Morgan fingerprint density at radius 3 is 1.75 bits per heavy atom. The smallest absolute Gasteiger partial charge is 0.390 e. The van der Waals surface area contributed by atoms with Gasteiger partial charge in [-0.2, -0.15) is 0 Å². The van der Waals surface area contributed by atoms with Gasteiger partial charge in [0, 0.05) is 25.1 Å². The van der Waals surface area contributed by atoms with Gasteiger partial charge in [0.25, 0.3) is 0 Å². The Hall–Kier alpha value is 0.745. The Kier molecular flexibility index (Phi) is 13.3. The third-order valence-corrected chi connectivity index (χ3v) is 9.29.